The zero-order valence-corrected chi connectivity index (χ0v) is 15.0. The summed E-state index contributed by atoms with van der Waals surface area (Å²) in [7, 11) is 0. The number of hydrogen-bond donors (Lipinski definition) is 0. The average molecular weight is 352 g/mol. The van der Waals surface area contributed by atoms with Crippen molar-refractivity contribution in [3.63, 3.8) is 0 Å². The first-order valence-corrected chi connectivity index (χ1v) is 9.31. The summed E-state index contributed by atoms with van der Waals surface area (Å²) in [4.78, 5) is 33.5. The number of hydrogen-bond acceptors (Lipinski definition) is 3. The van der Waals surface area contributed by atoms with E-state index in [1.165, 1.54) is 5.69 Å². The lowest BCUT2D eigenvalue weighted by molar-refractivity contribution is -0.140. The first-order chi connectivity index (χ1) is 12.6. The van der Waals surface area contributed by atoms with Crippen LogP contribution in [0.25, 0.3) is 0 Å². The summed E-state index contributed by atoms with van der Waals surface area (Å²) in [5.74, 6) is 0.197. The normalized spacial score (nSPS) is 20.7. The fraction of sp³-hybridized carbons (Fsp3) is 0.450. The third-order valence-electron chi connectivity index (χ3n) is 5.64. The molecule has 1 atom stereocenters. The Labute approximate surface area is 153 Å². The molecule has 4 heterocycles. The van der Waals surface area contributed by atoms with Crippen LogP contribution < -0.4 is 0 Å². The molecule has 4 rings (SSSR count). The Morgan fingerprint density at radius 1 is 1.04 bits per heavy atom. The number of rotatable bonds is 2. The summed E-state index contributed by atoms with van der Waals surface area (Å²) in [6.07, 6.45) is 5.16. The van der Waals surface area contributed by atoms with E-state index in [4.69, 9.17) is 0 Å². The van der Waals surface area contributed by atoms with Crippen molar-refractivity contribution >= 4 is 11.8 Å². The average Bonchev–Trinajstić information content (AvgIpc) is 3.18. The molecule has 2 aliphatic rings. The largest absolute Gasteiger partial charge is 0.348 e. The van der Waals surface area contributed by atoms with Crippen molar-refractivity contribution in [2.45, 2.75) is 32.4 Å². The minimum Gasteiger partial charge on any atom is -0.348 e. The Kier molecular flexibility index (Phi) is 4.49. The van der Waals surface area contributed by atoms with Gasteiger partial charge in [-0.05, 0) is 44.0 Å². The lowest BCUT2D eigenvalue weighted by Crippen LogP contribution is -2.47. The number of aromatic nitrogens is 2. The molecule has 1 saturated heterocycles. The number of fused-ring (bicyclic) bond motifs is 1. The fourth-order valence-electron chi connectivity index (χ4n) is 4.10. The van der Waals surface area contributed by atoms with Gasteiger partial charge in [0, 0.05) is 50.2 Å². The van der Waals surface area contributed by atoms with Gasteiger partial charge in [0.05, 0.1) is 6.04 Å². The number of piperidine rings is 1. The summed E-state index contributed by atoms with van der Waals surface area (Å²) >= 11 is 0. The molecule has 0 saturated carbocycles. The van der Waals surface area contributed by atoms with Crippen LogP contribution in [0.5, 0.6) is 0 Å². The van der Waals surface area contributed by atoms with Crippen molar-refractivity contribution in [1.29, 1.82) is 0 Å². The monoisotopic (exact) mass is 352 g/mol. The number of amides is 2. The van der Waals surface area contributed by atoms with Gasteiger partial charge in [0.2, 0.25) is 5.91 Å². The van der Waals surface area contributed by atoms with E-state index in [1.807, 2.05) is 21.9 Å². The number of carbonyl (C=O) groups excluding carboxylic acids is 2. The molecule has 1 fully saturated rings. The van der Waals surface area contributed by atoms with Gasteiger partial charge in [0.25, 0.3) is 5.91 Å². The Morgan fingerprint density at radius 3 is 2.58 bits per heavy atom. The van der Waals surface area contributed by atoms with Crippen molar-refractivity contribution in [2.24, 2.45) is 5.92 Å². The molecule has 2 aromatic heterocycles. The molecule has 0 radical (unpaired) electrons. The Balaban J connectivity index is 1.38. The van der Waals surface area contributed by atoms with Crippen molar-refractivity contribution in [1.82, 2.24) is 19.4 Å². The van der Waals surface area contributed by atoms with E-state index in [0.717, 1.165) is 25.9 Å². The van der Waals surface area contributed by atoms with Gasteiger partial charge >= 0.3 is 0 Å². The van der Waals surface area contributed by atoms with Crippen molar-refractivity contribution in [3.05, 3.63) is 54.1 Å². The molecular formula is C20H24N4O2. The van der Waals surface area contributed by atoms with Crippen molar-refractivity contribution in [3.8, 4) is 0 Å². The highest BCUT2D eigenvalue weighted by Crippen LogP contribution is 2.29. The zero-order chi connectivity index (χ0) is 18.1. The number of likely N-dealkylation sites (tertiary alicyclic amines) is 1. The number of nitrogens with zero attached hydrogens (tertiary/aromatic N) is 4. The van der Waals surface area contributed by atoms with E-state index in [9.17, 15) is 9.59 Å². The van der Waals surface area contributed by atoms with E-state index < -0.39 is 0 Å². The molecule has 136 valence electrons. The van der Waals surface area contributed by atoms with Crippen molar-refractivity contribution in [2.75, 3.05) is 19.6 Å². The fourth-order valence-corrected chi connectivity index (χ4v) is 4.10. The molecule has 0 N–H and O–H groups in total. The quantitative estimate of drug-likeness (QED) is 0.834. The second-order valence-electron chi connectivity index (χ2n) is 7.12. The first kappa shape index (κ1) is 16.8. The van der Waals surface area contributed by atoms with Gasteiger partial charge in [-0.2, -0.15) is 0 Å². The van der Waals surface area contributed by atoms with Gasteiger partial charge in [-0.25, -0.2) is 0 Å². The Hall–Kier alpha value is -2.63. The van der Waals surface area contributed by atoms with E-state index in [1.54, 1.807) is 18.3 Å². The molecule has 2 amide bonds. The molecule has 0 spiro atoms. The van der Waals surface area contributed by atoms with Crippen LogP contribution in [0.15, 0.2) is 42.7 Å². The third-order valence-corrected chi connectivity index (χ3v) is 5.64. The van der Waals surface area contributed by atoms with Gasteiger partial charge in [0.15, 0.2) is 0 Å². The summed E-state index contributed by atoms with van der Waals surface area (Å²) < 4.78 is 2.22. The molecule has 2 aromatic rings. The third kappa shape index (κ3) is 3.00. The minimum atomic E-state index is -0.0410. The molecule has 0 aromatic carbocycles. The summed E-state index contributed by atoms with van der Waals surface area (Å²) in [5, 5.41) is 0. The molecule has 1 unspecified atom stereocenters. The lowest BCUT2D eigenvalue weighted by Gasteiger charge is -2.39. The minimum absolute atomic E-state index is 0.00625. The molecule has 6 nitrogen and oxygen atoms in total. The highest BCUT2D eigenvalue weighted by molar-refractivity contribution is 5.92. The number of carbonyl (C=O) groups is 2. The van der Waals surface area contributed by atoms with E-state index in [2.05, 4.69) is 28.7 Å². The maximum atomic E-state index is 13.0. The molecule has 6 heteroatoms. The van der Waals surface area contributed by atoms with Gasteiger partial charge in [-0.3, -0.25) is 14.6 Å². The van der Waals surface area contributed by atoms with Gasteiger partial charge < -0.3 is 14.4 Å². The predicted molar refractivity (Wildman–Crippen MR) is 97.4 cm³/mol. The van der Waals surface area contributed by atoms with E-state index in [0.29, 0.717) is 18.8 Å². The second kappa shape index (κ2) is 6.94. The van der Waals surface area contributed by atoms with Crippen LogP contribution >= 0.6 is 0 Å². The molecular weight excluding hydrogens is 328 g/mol. The van der Waals surface area contributed by atoms with Crippen LogP contribution in [-0.4, -0.2) is 50.8 Å². The Morgan fingerprint density at radius 2 is 1.85 bits per heavy atom. The molecule has 0 aliphatic carbocycles. The van der Waals surface area contributed by atoms with Crippen LogP contribution in [0.3, 0.4) is 0 Å². The standard InChI is InChI=1S/C20H24N4O2/c1-15-18-6-4-10-22(18)13-14-24(15)19(25)16-7-11-23(12-8-16)20(26)17-5-2-3-9-21-17/h2-6,9-10,15-16H,7-8,11-14H2,1H3. The van der Waals surface area contributed by atoms with Crippen LogP contribution in [0.2, 0.25) is 0 Å². The topological polar surface area (TPSA) is 58.4 Å². The summed E-state index contributed by atoms with van der Waals surface area (Å²) in [6, 6.07) is 9.62. The van der Waals surface area contributed by atoms with Crippen LogP contribution in [0, 0.1) is 5.92 Å². The van der Waals surface area contributed by atoms with Gasteiger partial charge in [-0.1, -0.05) is 6.07 Å². The lowest BCUT2D eigenvalue weighted by atomic mass is 9.94. The maximum Gasteiger partial charge on any atom is 0.272 e. The molecule has 2 aliphatic heterocycles. The highest BCUT2D eigenvalue weighted by Gasteiger charge is 2.34. The first-order valence-electron chi connectivity index (χ1n) is 9.31. The van der Waals surface area contributed by atoms with Crippen LogP contribution in [0.1, 0.15) is 42.0 Å². The SMILES string of the molecule is CC1c2cccn2CCN1C(=O)C1CCN(C(=O)c2ccccn2)CC1. The molecule has 26 heavy (non-hydrogen) atoms. The Bertz CT molecular complexity index is 793. The van der Waals surface area contributed by atoms with Gasteiger partial charge in [0.1, 0.15) is 5.69 Å². The van der Waals surface area contributed by atoms with E-state index >= 15 is 0 Å². The van der Waals surface area contributed by atoms with Crippen LogP contribution in [-0.2, 0) is 11.3 Å². The summed E-state index contributed by atoms with van der Waals surface area (Å²) in [6.45, 7) is 4.95. The van der Waals surface area contributed by atoms with Crippen molar-refractivity contribution < 1.29 is 9.59 Å². The molecule has 0 bridgehead atoms. The number of pyridine rings is 1. The van der Waals surface area contributed by atoms with Gasteiger partial charge in [-0.15, -0.1) is 0 Å². The van der Waals surface area contributed by atoms with Crippen LogP contribution in [0.4, 0.5) is 0 Å². The summed E-state index contributed by atoms with van der Waals surface area (Å²) in [5.41, 5.74) is 1.68. The zero-order valence-electron chi connectivity index (χ0n) is 15.0. The van der Waals surface area contributed by atoms with E-state index in [-0.39, 0.29) is 23.8 Å². The second-order valence-corrected chi connectivity index (χ2v) is 7.12. The highest BCUT2D eigenvalue weighted by atomic mass is 16.2. The predicted octanol–water partition coefficient (Wildman–Crippen LogP) is 2.34. The maximum absolute atomic E-state index is 13.0. The smallest absolute Gasteiger partial charge is 0.272 e.